The van der Waals surface area contributed by atoms with Crippen molar-refractivity contribution < 1.29 is 25.9 Å². The molecule has 0 saturated heterocycles. The van der Waals surface area contributed by atoms with Gasteiger partial charge in [0.2, 0.25) is 0 Å². The van der Waals surface area contributed by atoms with Crippen molar-refractivity contribution >= 4 is 79.5 Å². The quantitative estimate of drug-likeness (QED) is 0.0247. The van der Waals surface area contributed by atoms with E-state index < -0.39 is 20.2 Å². The normalized spacial score (nSPS) is 11.8. The maximum atomic E-state index is 12.1. The van der Waals surface area contributed by atoms with Crippen LogP contribution >= 0.6 is 0 Å². The van der Waals surface area contributed by atoms with Gasteiger partial charge in [0.25, 0.3) is 0 Å². The predicted molar refractivity (Wildman–Crippen MR) is 332 cm³/mol. The number of benzene rings is 4. The summed E-state index contributed by atoms with van der Waals surface area (Å²) < 4.78 is 72.5. The summed E-state index contributed by atoms with van der Waals surface area (Å²) in [6.45, 7) is 9.03. The van der Waals surface area contributed by atoms with Crippen molar-refractivity contribution in [3.8, 4) is 0 Å². The molecule has 432 valence electrons. The van der Waals surface area contributed by atoms with Crippen molar-refractivity contribution in [1.29, 1.82) is 0 Å². The molecular weight excluding hydrogens is 1020 g/mol. The second kappa shape index (κ2) is 45.1. The van der Waals surface area contributed by atoms with Gasteiger partial charge >= 0.3 is 37.7 Å². The van der Waals surface area contributed by atoms with Crippen molar-refractivity contribution in [2.24, 2.45) is 0 Å². The number of fused-ring (bicyclic) bond motifs is 2. The van der Waals surface area contributed by atoms with Crippen LogP contribution in [0.5, 0.6) is 0 Å². The molecule has 4 aromatic rings. The van der Waals surface area contributed by atoms with Gasteiger partial charge in [-0.05, 0) is 107 Å². The van der Waals surface area contributed by atoms with Crippen LogP contribution in [-0.2, 0) is 45.9 Å². The summed E-state index contributed by atoms with van der Waals surface area (Å²) in [4.78, 5) is -0.0333. The molecule has 4 aromatic carbocycles. The molecule has 0 bridgehead atoms. The Bertz CT molecular complexity index is 2160. The average molecular weight is 1130 g/mol. The van der Waals surface area contributed by atoms with E-state index in [4.69, 9.17) is 0 Å². The van der Waals surface area contributed by atoms with Crippen molar-refractivity contribution in [3.05, 3.63) is 82.9 Å². The monoisotopic (exact) mass is 1130 g/mol. The molecule has 6 nitrogen and oxygen atoms in total. The number of hydrogen-bond acceptors (Lipinski definition) is 6. The van der Waals surface area contributed by atoms with Gasteiger partial charge in [0.05, 0.1) is 9.79 Å². The minimum Gasteiger partial charge on any atom is -0.744 e. The molecular formula is C68H110CaO6S2. The Morgan fingerprint density at radius 1 is 0.286 bits per heavy atom. The zero-order valence-electron chi connectivity index (χ0n) is 49.9. The van der Waals surface area contributed by atoms with Crippen LogP contribution in [0, 0.1) is 0 Å². The van der Waals surface area contributed by atoms with Crippen LogP contribution in [0.3, 0.4) is 0 Å². The van der Waals surface area contributed by atoms with Gasteiger partial charge in [-0.2, -0.15) is 0 Å². The molecule has 0 aliphatic heterocycles. The average Bonchev–Trinajstić information content (AvgIpc) is 3.40. The summed E-state index contributed by atoms with van der Waals surface area (Å²) in [6.07, 6.45) is 54.5. The van der Waals surface area contributed by atoms with Crippen molar-refractivity contribution in [2.75, 3.05) is 0 Å². The molecule has 0 radical (unpaired) electrons. The first-order chi connectivity index (χ1) is 36.9. The molecule has 0 fully saturated rings. The van der Waals surface area contributed by atoms with Gasteiger partial charge in [-0.25, -0.2) is 16.8 Å². The van der Waals surface area contributed by atoms with Crippen molar-refractivity contribution in [1.82, 2.24) is 0 Å². The third-order valence-electron chi connectivity index (χ3n) is 16.0. The van der Waals surface area contributed by atoms with Crippen LogP contribution in [-0.4, -0.2) is 63.7 Å². The summed E-state index contributed by atoms with van der Waals surface area (Å²) >= 11 is 0. The zero-order valence-corrected chi connectivity index (χ0v) is 53.7. The Kier molecular flexibility index (Phi) is 41.9. The first-order valence-electron chi connectivity index (χ1n) is 31.9. The fourth-order valence-corrected chi connectivity index (χ4v) is 12.8. The van der Waals surface area contributed by atoms with Gasteiger partial charge in [0, 0.05) is 0 Å². The van der Waals surface area contributed by atoms with E-state index in [0.717, 1.165) is 84.0 Å². The molecule has 4 rings (SSSR count). The molecule has 0 heterocycles. The fourth-order valence-electron chi connectivity index (χ4n) is 11.3. The Hall–Kier alpha value is -1.52. The second-order valence-electron chi connectivity index (χ2n) is 22.8. The van der Waals surface area contributed by atoms with Crippen molar-refractivity contribution in [2.45, 2.75) is 320 Å². The third kappa shape index (κ3) is 32.1. The van der Waals surface area contributed by atoms with Crippen LogP contribution in [0.1, 0.15) is 307 Å². The maximum Gasteiger partial charge on any atom is 2.00 e. The summed E-state index contributed by atoms with van der Waals surface area (Å²) in [5, 5.41) is 3.99. The summed E-state index contributed by atoms with van der Waals surface area (Å²) in [7, 11) is -8.98. The summed E-state index contributed by atoms with van der Waals surface area (Å²) in [6, 6.07) is 19.5. The van der Waals surface area contributed by atoms with E-state index in [-0.39, 0.29) is 47.5 Å². The molecule has 0 unspecified atom stereocenters. The minimum absolute atomic E-state index is 0. The molecule has 0 N–H and O–H groups in total. The molecule has 77 heavy (non-hydrogen) atoms. The first kappa shape index (κ1) is 71.6. The number of hydrogen-bond donors (Lipinski definition) is 0. The van der Waals surface area contributed by atoms with E-state index in [1.165, 1.54) is 242 Å². The second-order valence-corrected chi connectivity index (χ2v) is 25.5. The van der Waals surface area contributed by atoms with Gasteiger partial charge in [-0.3, -0.25) is 0 Å². The van der Waals surface area contributed by atoms with Crippen LogP contribution in [0.4, 0.5) is 0 Å². The maximum absolute atomic E-state index is 12.1. The van der Waals surface area contributed by atoms with E-state index in [0.29, 0.717) is 12.8 Å². The number of unbranched alkanes of at least 4 members (excludes halogenated alkanes) is 36. The molecule has 0 amide bonds. The molecule has 0 saturated carbocycles. The molecule has 0 spiro atoms. The third-order valence-corrected chi connectivity index (χ3v) is 17.9. The van der Waals surface area contributed by atoms with Crippen LogP contribution in [0.2, 0.25) is 0 Å². The Morgan fingerprint density at radius 2 is 0.494 bits per heavy atom. The van der Waals surface area contributed by atoms with Crippen molar-refractivity contribution in [3.63, 3.8) is 0 Å². The number of rotatable bonds is 46. The Morgan fingerprint density at radius 3 is 0.727 bits per heavy atom. The van der Waals surface area contributed by atoms with Crippen LogP contribution in [0.15, 0.2) is 70.5 Å². The topological polar surface area (TPSA) is 114 Å². The van der Waals surface area contributed by atoms with Gasteiger partial charge in [0.1, 0.15) is 20.2 Å². The van der Waals surface area contributed by atoms with Crippen LogP contribution < -0.4 is 0 Å². The molecule has 0 atom stereocenters. The molecule has 0 aromatic heterocycles. The largest absolute Gasteiger partial charge is 2.00 e. The van der Waals surface area contributed by atoms with Gasteiger partial charge in [-0.1, -0.05) is 307 Å². The smallest absolute Gasteiger partial charge is 0.744 e. The molecule has 0 aliphatic rings. The van der Waals surface area contributed by atoms with E-state index in [1.807, 2.05) is 0 Å². The van der Waals surface area contributed by atoms with E-state index in [2.05, 4.69) is 64.1 Å². The van der Waals surface area contributed by atoms with E-state index >= 15 is 0 Å². The van der Waals surface area contributed by atoms with E-state index in [9.17, 15) is 25.9 Å². The Balaban J connectivity index is 0.000000520. The van der Waals surface area contributed by atoms with Crippen LogP contribution in [0.25, 0.3) is 21.5 Å². The molecule has 9 heteroatoms. The SMILES string of the molecule is CCCCCCCCCCCCc1ccc2ccc(S(=O)(=O)[O-])c(CCCCCCCCCCCC)c2c1.CCCCCCCCCCCCc1ccc2ccc(S(=O)(=O)[O-])c(CCCCCCCCCCCC)c2c1.[Ca+2]. The first-order valence-corrected chi connectivity index (χ1v) is 34.8. The number of aryl methyl sites for hydroxylation is 4. The van der Waals surface area contributed by atoms with E-state index in [1.54, 1.807) is 12.1 Å². The van der Waals surface area contributed by atoms with Gasteiger partial charge < -0.3 is 9.11 Å². The fraction of sp³-hybridized carbons (Fsp3) is 0.706. The van der Waals surface area contributed by atoms with Gasteiger partial charge in [-0.15, -0.1) is 0 Å². The standard InChI is InChI=1S/2C34H56O3S.Ca/c2*1-3-5-7-9-11-13-15-17-19-21-23-30-25-26-31-27-28-34(38(35,36)37)32(33(31)29-30)24-22-20-18-16-14-12-10-8-6-4-2;/h2*25-29H,3-24H2,1-2H3,(H,35,36,37);/q;;+2/p-2. The minimum atomic E-state index is -4.49. The summed E-state index contributed by atoms with van der Waals surface area (Å²) in [5.41, 5.74) is 3.98. The Labute approximate surface area is 504 Å². The predicted octanol–water partition coefficient (Wildman–Crippen LogP) is 21.0. The van der Waals surface area contributed by atoms with Gasteiger partial charge in [0.15, 0.2) is 0 Å². The zero-order chi connectivity index (χ0) is 55.0. The molecule has 0 aliphatic carbocycles. The summed E-state index contributed by atoms with van der Waals surface area (Å²) in [5.74, 6) is 0.